The van der Waals surface area contributed by atoms with Gasteiger partial charge in [-0.05, 0) is 37.1 Å². The van der Waals surface area contributed by atoms with E-state index in [0.717, 1.165) is 12.7 Å². The fourth-order valence-electron chi connectivity index (χ4n) is 1.77. The summed E-state index contributed by atoms with van der Waals surface area (Å²) in [6.45, 7) is 4.48. The first-order valence-electron chi connectivity index (χ1n) is 7.27. The van der Waals surface area contributed by atoms with E-state index < -0.39 is 16.1 Å². The number of ether oxygens (including phenoxy) is 1. The predicted molar refractivity (Wildman–Crippen MR) is 87.7 cm³/mol. The number of nitrogens with zero attached hydrogens (tertiary/aromatic N) is 1. The first-order valence-corrected chi connectivity index (χ1v) is 9.12. The zero-order chi connectivity index (χ0) is 16.8. The van der Waals surface area contributed by atoms with Crippen molar-refractivity contribution in [3.8, 4) is 5.75 Å². The van der Waals surface area contributed by atoms with Crippen LogP contribution in [-0.2, 0) is 14.8 Å². The highest BCUT2D eigenvalue weighted by atomic mass is 32.2. The van der Waals surface area contributed by atoms with Gasteiger partial charge in [0.05, 0.1) is 11.9 Å². The van der Waals surface area contributed by atoms with E-state index in [1.165, 1.54) is 11.4 Å². The van der Waals surface area contributed by atoms with E-state index in [1.807, 2.05) is 13.8 Å². The number of amides is 1. The van der Waals surface area contributed by atoms with E-state index in [1.54, 1.807) is 24.3 Å². The molecule has 6 nitrogen and oxygen atoms in total. The molecular weight excluding hydrogens is 304 g/mol. The number of hydrogen-bond acceptors (Lipinski definition) is 4. The predicted octanol–water partition coefficient (Wildman–Crippen LogP) is 1.77. The fraction of sp³-hybridized carbons (Fsp3) is 0.533. The molecule has 0 fully saturated rings. The van der Waals surface area contributed by atoms with Crippen LogP contribution in [0.3, 0.4) is 0 Å². The first kappa shape index (κ1) is 18.3. The van der Waals surface area contributed by atoms with Crippen LogP contribution in [0.25, 0.3) is 0 Å². The SMILES string of the molecule is CCCNC(=O)[C@@H](CC)Oc1ccc(N(C)S(C)(=O)=O)cc1. The molecule has 0 bridgehead atoms. The molecule has 0 unspecified atom stereocenters. The van der Waals surface area contributed by atoms with Gasteiger partial charge in [0.2, 0.25) is 10.0 Å². The monoisotopic (exact) mass is 328 g/mol. The Hall–Kier alpha value is -1.76. The summed E-state index contributed by atoms with van der Waals surface area (Å²) in [5, 5.41) is 2.80. The molecule has 0 radical (unpaired) electrons. The molecule has 7 heteroatoms. The maximum atomic E-state index is 11.9. The lowest BCUT2D eigenvalue weighted by Crippen LogP contribution is -2.38. The van der Waals surface area contributed by atoms with Gasteiger partial charge in [0.25, 0.3) is 5.91 Å². The van der Waals surface area contributed by atoms with Crippen molar-refractivity contribution in [2.75, 3.05) is 24.2 Å². The highest BCUT2D eigenvalue weighted by Crippen LogP contribution is 2.21. The minimum absolute atomic E-state index is 0.137. The van der Waals surface area contributed by atoms with Crippen molar-refractivity contribution in [1.29, 1.82) is 0 Å². The number of sulfonamides is 1. The quantitative estimate of drug-likeness (QED) is 0.789. The molecule has 0 saturated heterocycles. The number of anilines is 1. The minimum Gasteiger partial charge on any atom is -0.481 e. The first-order chi connectivity index (χ1) is 10.3. The molecule has 22 heavy (non-hydrogen) atoms. The van der Waals surface area contributed by atoms with Gasteiger partial charge in [0.15, 0.2) is 6.10 Å². The Labute approximate surface area is 132 Å². The third-order valence-electron chi connectivity index (χ3n) is 3.19. The number of nitrogens with one attached hydrogen (secondary N) is 1. The normalized spacial score (nSPS) is 12.5. The van der Waals surface area contributed by atoms with Crippen molar-refractivity contribution in [1.82, 2.24) is 5.32 Å². The summed E-state index contributed by atoms with van der Waals surface area (Å²) >= 11 is 0. The van der Waals surface area contributed by atoms with Gasteiger partial charge in [-0.1, -0.05) is 13.8 Å². The molecule has 0 aromatic heterocycles. The van der Waals surface area contributed by atoms with Crippen LogP contribution in [0, 0.1) is 0 Å². The highest BCUT2D eigenvalue weighted by Gasteiger charge is 2.18. The Morgan fingerprint density at radius 2 is 1.86 bits per heavy atom. The highest BCUT2D eigenvalue weighted by molar-refractivity contribution is 7.92. The standard InChI is InChI=1S/C15H24N2O4S/c1-5-11-16-15(18)14(6-2)21-13-9-7-12(8-10-13)17(3)22(4,19)20/h7-10,14H,5-6,11H2,1-4H3,(H,16,18)/t14-/m1/s1. The number of hydrogen-bond donors (Lipinski definition) is 1. The molecule has 1 aromatic carbocycles. The molecule has 0 aliphatic rings. The van der Waals surface area contributed by atoms with Gasteiger partial charge in [-0.25, -0.2) is 8.42 Å². The Bertz CT molecular complexity index is 584. The topological polar surface area (TPSA) is 75.7 Å². The lowest BCUT2D eigenvalue weighted by atomic mass is 10.2. The summed E-state index contributed by atoms with van der Waals surface area (Å²) in [7, 11) is -1.81. The number of rotatable bonds is 8. The van der Waals surface area contributed by atoms with Crippen molar-refractivity contribution in [3.05, 3.63) is 24.3 Å². The second-order valence-electron chi connectivity index (χ2n) is 5.03. The van der Waals surface area contributed by atoms with E-state index in [-0.39, 0.29) is 5.91 Å². The van der Waals surface area contributed by atoms with Gasteiger partial charge in [0, 0.05) is 13.6 Å². The molecule has 124 valence electrons. The Balaban J connectivity index is 2.76. The van der Waals surface area contributed by atoms with Gasteiger partial charge in [-0.2, -0.15) is 0 Å². The Kier molecular flexibility index (Phi) is 6.67. The van der Waals surface area contributed by atoms with E-state index in [9.17, 15) is 13.2 Å². The van der Waals surface area contributed by atoms with Gasteiger partial charge in [-0.3, -0.25) is 9.10 Å². The second-order valence-corrected chi connectivity index (χ2v) is 7.04. The van der Waals surface area contributed by atoms with Crippen molar-refractivity contribution >= 4 is 21.6 Å². The summed E-state index contributed by atoms with van der Waals surface area (Å²) < 4.78 is 29.8. The molecule has 1 N–H and O–H groups in total. The summed E-state index contributed by atoms with van der Waals surface area (Å²) in [4.78, 5) is 11.9. The molecule has 1 amide bonds. The average Bonchev–Trinajstić information content (AvgIpc) is 2.49. The average molecular weight is 328 g/mol. The lowest BCUT2D eigenvalue weighted by Gasteiger charge is -2.19. The van der Waals surface area contributed by atoms with Gasteiger partial charge in [-0.15, -0.1) is 0 Å². The van der Waals surface area contributed by atoms with Crippen LogP contribution in [0.15, 0.2) is 24.3 Å². The smallest absolute Gasteiger partial charge is 0.261 e. The lowest BCUT2D eigenvalue weighted by molar-refractivity contribution is -0.128. The fourth-order valence-corrected chi connectivity index (χ4v) is 2.28. The van der Waals surface area contributed by atoms with E-state index >= 15 is 0 Å². The largest absolute Gasteiger partial charge is 0.481 e. The van der Waals surface area contributed by atoms with Crippen LogP contribution < -0.4 is 14.4 Å². The van der Waals surface area contributed by atoms with Crippen molar-refractivity contribution in [2.45, 2.75) is 32.8 Å². The van der Waals surface area contributed by atoms with E-state index in [0.29, 0.717) is 24.4 Å². The summed E-state index contributed by atoms with van der Waals surface area (Å²) in [5.41, 5.74) is 0.540. The number of carbonyl (C=O) groups excluding carboxylic acids is 1. The maximum Gasteiger partial charge on any atom is 0.261 e. The zero-order valence-electron chi connectivity index (χ0n) is 13.5. The molecule has 0 heterocycles. The number of carbonyl (C=O) groups is 1. The molecule has 0 aliphatic heterocycles. The number of benzene rings is 1. The van der Waals surface area contributed by atoms with E-state index in [2.05, 4.69) is 5.32 Å². The van der Waals surface area contributed by atoms with Crippen LogP contribution in [0.1, 0.15) is 26.7 Å². The summed E-state index contributed by atoms with van der Waals surface area (Å²) in [6.07, 6.45) is 2.02. The van der Waals surface area contributed by atoms with Gasteiger partial charge in [0.1, 0.15) is 5.75 Å². The maximum absolute atomic E-state index is 11.9. The molecule has 0 saturated carbocycles. The third kappa shape index (κ3) is 5.22. The third-order valence-corrected chi connectivity index (χ3v) is 4.39. The molecule has 1 atom stereocenters. The second kappa shape index (κ2) is 8.03. The van der Waals surface area contributed by atoms with Crippen LogP contribution in [-0.4, -0.2) is 40.3 Å². The van der Waals surface area contributed by atoms with Crippen LogP contribution in [0.5, 0.6) is 5.75 Å². The van der Waals surface area contributed by atoms with Crippen LogP contribution in [0.2, 0.25) is 0 Å². The van der Waals surface area contributed by atoms with Crippen molar-refractivity contribution in [2.24, 2.45) is 0 Å². The van der Waals surface area contributed by atoms with E-state index in [4.69, 9.17) is 4.74 Å². The van der Waals surface area contributed by atoms with Crippen LogP contribution >= 0.6 is 0 Å². The summed E-state index contributed by atoms with van der Waals surface area (Å²) in [5.74, 6) is 0.394. The minimum atomic E-state index is -3.29. The molecule has 0 spiro atoms. The molecule has 1 aromatic rings. The zero-order valence-corrected chi connectivity index (χ0v) is 14.3. The molecular formula is C15H24N2O4S. The van der Waals surface area contributed by atoms with Gasteiger partial charge >= 0.3 is 0 Å². The van der Waals surface area contributed by atoms with Gasteiger partial charge < -0.3 is 10.1 Å². The Morgan fingerprint density at radius 3 is 2.32 bits per heavy atom. The Morgan fingerprint density at radius 1 is 1.27 bits per heavy atom. The summed E-state index contributed by atoms with van der Waals surface area (Å²) in [6, 6.07) is 6.61. The van der Waals surface area contributed by atoms with Crippen molar-refractivity contribution in [3.63, 3.8) is 0 Å². The van der Waals surface area contributed by atoms with Crippen molar-refractivity contribution < 1.29 is 17.9 Å². The molecule has 0 aliphatic carbocycles. The van der Waals surface area contributed by atoms with Crippen LogP contribution in [0.4, 0.5) is 5.69 Å². The molecule has 1 rings (SSSR count).